The van der Waals surface area contributed by atoms with E-state index >= 15 is 0 Å². The molecule has 0 saturated carbocycles. The summed E-state index contributed by atoms with van der Waals surface area (Å²) in [4.78, 5) is 37.7. The van der Waals surface area contributed by atoms with Crippen LogP contribution in [0.2, 0.25) is 0 Å². The van der Waals surface area contributed by atoms with Crippen molar-refractivity contribution in [3.8, 4) is 0 Å². The van der Waals surface area contributed by atoms with Crippen molar-refractivity contribution in [1.82, 2.24) is 15.1 Å². The minimum atomic E-state index is -0.393. The molecule has 0 unspecified atom stereocenters. The van der Waals surface area contributed by atoms with Gasteiger partial charge in [0, 0.05) is 58.7 Å². The van der Waals surface area contributed by atoms with Crippen molar-refractivity contribution in [2.45, 2.75) is 19.8 Å². The lowest BCUT2D eigenvalue weighted by atomic mass is 10.2. The number of nitrogens with one attached hydrogen (secondary N) is 1. The topological polar surface area (TPSA) is 79.0 Å². The molecule has 0 bridgehead atoms. The minimum Gasteiger partial charge on any atom is -0.466 e. The molecule has 22 heavy (non-hydrogen) atoms. The standard InChI is InChI=1S/C15H25N3O4/c1-13(19)18-11-9-17(10-12-18)8-6-14(20)16-7-4-3-5-15(21)22-2/h3,5H,4,6-12H2,1-2H3,(H,16,20)/b5-3+. The van der Waals surface area contributed by atoms with Crippen LogP contribution in [0.1, 0.15) is 19.8 Å². The average molecular weight is 311 g/mol. The van der Waals surface area contributed by atoms with Gasteiger partial charge in [-0.2, -0.15) is 0 Å². The molecule has 0 aromatic heterocycles. The molecular weight excluding hydrogens is 286 g/mol. The molecule has 2 amide bonds. The van der Waals surface area contributed by atoms with Gasteiger partial charge in [0.1, 0.15) is 0 Å². The van der Waals surface area contributed by atoms with E-state index in [1.54, 1.807) is 13.0 Å². The minimum absolute atomic E-state index is 0.000431. The number of nitrogens with zero attached hydrogens (tertiary/aromatic N) is 2. The first-order chi connectivity index (χ1) is 10.5. The van der Waals surface area contributed by atoms with Crippen LogP contribution in [0.15, 0.2) is 12.2 Å². The van der Waals surface area contributed by atoms with Gasteiger partial charge in [0.2, 0.25) is 11.8 Å². The molecule has 1 rings (SSSR count). The zero-order valence-corrected chi connectivity index (χ0v) is 13.3. The Hall–Kier alpha value is -1.89. The van der Waals surface area contributed by atoms with Gasteiger partial charge in [0.25, 0.3) is 0 Å². The summed E-state index contributed by atoms with van der Waals surface area (Å²) in [6, 6.07) is 0. The van der Waals surface area contributed by atoms with Crippen LogP contribution in [0.25, 0.3) is 0 Å². The zero-order valence-electron chi connectivity index (χ0n) is 13.3. The first-order valence-electron chi connectivity index (χ1n) is 7.52. The Kier molecular flexibility index (Phi) is 8.21. The maximum absolute atomic E-state index is 11.7. The van der Waals surface area contributed by atoms with Gasteiger partial charge in [-0.05, 0) is 6.42 Å². The second-order valence-electron chi connectivity index (χ2n) is 5.16. The molecule has 0 spiro atoms. The molecule has 1 fully saturated rings. The van der Waals surface area contributed by atoms with Crippen LogP contribution in [0.5, 0.6) is 0 Å². The molecular formula is C15H25N3O4. The Bertz CT molecular complexity index is 415. The summed E-state index contributed by atoms with van der Waals surface area (Å²) < 4.78 is 4.46. The molecule has 7 nitrogen and oxygen atoms in total. The summed E-state index contributed by atoms with van der Waals surface area (Å²) >= 11 is 0. The van der Waals surface area contributed by atoms with Crippen molar-refractivity contribution < 1.29 is 19.1 Å². The highest BCUT2D eigenvalue weighted by molar-refractivity contribution is 5.81. The fourth-order valence-electron chi connectivity index (χ4n) is 2.18. The third kappa shape index (κ3) is 7.21. The van der Waals surface area contributed by atoms with Crippen LogP contribution in [0, 0.1) is 0 Å². The van der Waals surface area contributed by atoms with Gasteiger partial charge in [-0.1, -0.05) is 6.08 Å². The number of carbonyl (C=O) groups is 3. The smallest absolute Gasteiger partial charge is 0.330 e. The lowest BCUT2D eigenvalue weighted by molar-refractivity contribution is -0.135. The number of ether oxygens (including phenoxy) is 1. The Morgan fingerprint density at radius 1 is 1.18 bits per heavy atom. The maximum atomic E-state index is 11.7. The van der Waals surface area contributed by atoms with Gasteiger partial charge in [-0.15, -0.1) is 0 Å². The van der Waals surface area contributed by atoms with Crippen molar-refractivity contribution in [3.63, 3.8) is 0 Å². The van der Waals surface area contributed by atoms with E-state index in [0.29, 0.717) is 25.9 Å². The molecule has 1 aliphatic heterocycles. The van der Waals surface area contributed by atoms with Crippen LogP contribution >= 0.6 is 0 Å². The molecule has 0 atom stereocenters. The molecule has 0 aromatic carbocycles. The Morgan fingerprint density at radius 3 is 2.45 bits per heavy atom. The predicted molar refractivity (Wildman–Crippen MR) is 82.1 cm³/mol. The summed E-state index contributed by atoms with van der Waals surface area (Å²) in [5.74, 6) is -0.283. The molecule has 7 heteroatoms. The van der Waals surface area contributed by atoms with E-state index in [2.05, 4.69) is 15.0 Å². The van der Waals surface area contributed by atoms with E-state index in [1.807, 2.05) is 4.90 Å². The number of rotatable bonds is 7. The van der Waals surface area contributed by atoms with E-state index in [0.717, 1.165) is 26.2 Å². The summed E-state index contributed by atoms with van der Waals surface area (Å²) in [5, 5.41) is 2.81. The van der Waals surface area contributed by atoms with Gasteiger partial charge < -0.3 is 15.0 Å². The average Bonchev–Trinajstić information content (AvgIpc) is 2.52. The molecule has 0 aromatic rings. The number of piperazine rings is 1. The first-order valence-corrected chi connectivity index (χ1v) is 7.52. The summed E-state index contributed by atoms with van der Waals surface area (Å²) in [7, 11) is 1.32. The van der Waals surface area contributed by atoms with E-state index in [-0.39, 0.29) is 11.8 Å². The fourth-order valence-corrected chi connectivity index (χ4v) is 2.18. The SMILES string of the molecule is COC(=O)/C=C/CCNC(=O)CCN1CCN(C(C)=O)CC1. The lowest BCUT2D eigenvalue weighted by Crippen LogP contribution is -2.48. The van der Waals surface area contributed by atoms with Gasteiger partial charge in [-0.25, -0.2) is 4.79 Å². The Morgan fingerprint density at radius 2 is 1.86 bits per heavy atom. The van der Waals surface area contributed by atoms with Gasteiger partial charge in [0.05, 0.1) is 7.11 Å². The number of hydrogen-bond acceptors (Lipinski definition) is 5. The summed E-state index contributed by atoms with van der Waals surface area (Å²) in [6.07, 6.45) is 4.06. The first kappa shape index (κ1) is 18.2. The molecule has 1 N–H and O–H groups in total. The highest BCUT2D eigenvalue weighted by atomic mass is 16.5. The number of carbonyl (C=O) groups excluding carboxylic acids is 3. The fraction of sp³-hybridized carbons (Fsp3) is 0.667. The largest absolute Gasteiger partial charge is 0.466 e. The second-order valence-corrected chi connectivity index (χ2v) is 5.16. The molecule has 1 heterocycles. The van der Waals surface area contributed by atoms with E-state index < -0.39 is 5.97 Å². The van der Waals surface area contributed by atoms with Crippen LogP contribution in [0.4, 0.5) is 0 Å². The van der Waals surface area contributed by atoms with E-state index in [1.165, 1.54) is 13.2 Å². The molecule has 0 aliphatic carbocycles. The number of hydrogen-bond donors (Lipinski definition) is 1. The normalized spacial score (nSPS) is 15.8. The highest BCUT2D eigenvalue weighted by Crippen LogP contribution is 2.02. The van der Waals surface area contributed by atoms with Crippen LogP contribution in [-0.2, 0) is 19.1 Å². The third-order valence-corrected chi connectivity index (χ3v) is 3.56. The molecule has 1 saturated heterocycles. The number of esters is 1. The van der Waals surface area contributed by atoms with E-state index in [4.69, 9.17) is 0 Å². The van der Waals surface area contributed by atoms with Crippen LogP contribution in [0.3, 0.4) is 0 Å². The second kappa shape index (κ2) is 9.94. The molecule has 0 radical (unpaired) electrons. The zero-order chi connectivity index (χ0) is 16.4. The van der Waals surface area contributed by atoms with Crippen molar-refractivity contribution in [1.29, 1.82) is 0 Å². The van der Waals surface area contributed by atoms with Crippen molar-refractivity contribution in [2.75, 3.05) is 46.4 Å². The Labute approximate surface area is 131 Å². The lowest BCUT2D eigenvalue weighted by Gasteiger charge is -2.34. The maximum Gasteiger partial charge on any atom is 0.330 e. The summed E-state index contributed by atoms with van der Waals surface area (Å²) in [5.41, 5.74) is 0. The quantitative estimate of drug-likeness (QED) is 0.399. The van der Waals surface area contributed by atoms with Crippen molar-refractivity contribution in [3.05, 3.63) is 12.2 Å². The number of amides is 2. The predicted octanol–water partition coefficient (Wildman–Crippen LogP) is -0.224. The van der Waals surface area contributed by atoms with Gasteiger partial charge in [0.15, 0.2) is 0 Å². The van der Waals surface area contributed by atoms with Crippen LogP contribution in [-0.4, -0.2) is 74.0 Å². The van der Waals surface area contributed by atoms with Gasteiger partial charge >= 0.3 is 5.97 Å². The van der Waals surface area contributed by atoms with Crippen molar-refractivity contribution >= 4 is 17.8 Å². The van der Waals surface area contributed by atoms with E-state index in [9.17, 15) is 14.4 Å². The molecule has 124 valence electrons. The summed E-state index contributed by atoms with van der Waals surface area (Å²) in [6.45, 7) is 5.88. The highest BCUT2D eigenvalue weighted by Gasteiger charge is 2.18. The number of methoxy groups -OCH3 is 1. The van der Waals surface area contributed by atoms with Gasteiger partial charge in [-0.3, -0.25) is 14.5 Å². The molecule has 1 aliphatic rings. The van der Waals surface area contributed by atoms with Crippen molar-refractivity contribution in [2.24, 2.45) is 0 Å². The Balaban J connectivity index is 2.08. The van der Waals surface area contributed by atoms with Crippen LogP contribution < -0.4 is 5.32 Å². The third-order valence-electron chi connectivity index (χ3n) is 3.56. The monoisotopic (exact) mass is 311 g/mol.